The van der Waals surface area contributed by atoms with E-state index in [2.05, 4.69) is 26.5 Å². The molecule has 1 aliphatic heterocycles. The summed E-state index contributed by atoms with van der Waals surface area (Å²) in [5.74, 6) is 1.05. The van der Waals surface area contributed by atoms with Gasteiger partial charge >= 0.3 is 0 Å². The van der Waals surface area contributed by atoms with E-state index in [1.54, 1.807) is 16.7 Å². The fourth-order valence-corrected chi connectivity index (χ4v) is 4.82. The number of quaternary nitrogens is 2. The van der Waals surface area contributed by atoms with E-state index in [1.807, 2.05) is 17.6 Å². The third-order valence-electron chi connectivity index (χ3n) is 4.31. The van der Waals surface area contributed by atoms with Crippen LogP contribution >= 0.6 is 23.1 Å². The summed E-state index contributed by atoms with van der Waals surface area (Å²) >= 11 is 3.49. The van der Waals surface area contributed by atoms with Crippen LogP contribution in [0.25, 0.3) is 10.2 Å². The van der Waals surface area contributed by atoms with Crippen molar-refractivity contribution in [2.75, 3.05) is 52.3 Å². The maximum Gasteiger partial charge on any atom is 0.190 e. The highest BCUT2D eigenvalue weighted by molar-refractivity contribution is 7.98. The van der Waals surface area contributed by atoms with Gasteiger partial charge in [0, 0.05) is 19.4 Å². The van der Waals surface area contributed by atoms with Gasteiger partial charge in [0.1, 0.15) is 17.2 Å². The predicted octanol–water partition coefficient (Wildman–Crippen LogP) is -0.0695. The molecule has 3 heterocycles. The SMILES string of the molecule is CSc1nc(NCCC[NH+](C)C)c2c3c(sc2n1)C[NH+](C)CC3. The summed E-state index contributed by atoms with van der Waals surface area (Å²) in [6.45, 7) is 4.47. The third-order valence-corrected chi connectivity index (χ3v) is 5.98. The van der Waals surface area contributed by atoms with E-state index in [1.165, 1.54) is 33.8 Å². The van der Waals surface area contributed by atoms with E-state index >= 15 is 0 Å². The number of nitrogens with one attached hydrogen (secondary N) is 3. The molecule has 126 valence electrons. The lowest BCUT2D eigenvalue weighted by atomic mass is 10.1. The molecule has 23 heavy (non-hydrogen) atoms. The molecule has 0 saturated heterocycles. The predicted molar refractivity (Wildman–Crippen MR) is 99.1 cm³/mol. The molecule has 1 unspecified atom stereocenters. The molecule has 1 aliphatic rings. The molecule has 3 N–H and O–H groups in total. The van der Waals surface area contributed by atoms with Gasteiger partial charge < -0.3 is 15.1 Å². The van der Waals surface area contributed by atoms with E-state index in [0.717, 1.165) is 41.7 Å². The van der Waals surface area contributed by atoms with E-state index in [0.29, 0.717) is 0 Å². The van der Waals surface area contributed by atoms with E-state index < -0.39 is 0 Å². The van der Waals surface area contributed by atoms with Crippen molar-refractivity contribution in [3.8, 4) is 0 Å². The number of thioether (sulfide) groups is 1. The molecule has 7 heteroatoms. The number of rotatable bonds is 6. The van der Waals surface area contributed by atoms with Crippen molar-refractivity contribution < 1.29 is 9.80 Å². The molecule has 0 amide bonds. The van der Waals surface area contributed by atoms with Gasteiger partial charge in [0.25, 0.3) is 0 Å². The molecule has 2 aromatic heterocycles. The first-order chi connectivity index (χ1) is 11.1. The molecule has 0 spiro atoms. The fourth-order valence-electron chi connectivity index (χ4n) is 3.06. The summed E-state index contributed by atoms with van der Waals surface area (Å²) in [4.78, 5) is 15.3. The minimum atomic E-state index is 0.873. The second kappa shape index (κ2) is 7.34. The van der Waals surface area contributed by atoms with Crippen LogP contribution in [0.2, 0.25) is 0 Å². The molecule has 3 rings (SSSR count). The summed E-state index contributed by atoms with van der Waals surface area (Å²) in [6, 6.07) is 0. The Morgan fingerprint density at radius 1 is 1.35 bits per heavy atom. The number of likely N-dealkylation sites (N-methyl/N-ethyl adjacent to an activating group) is 1. The van der Waals surface area contributed by atoms with Crippen LogP contribution < -0.4 is 15.1 Å². The van der Waals surface area contributed by atoms with Crippen LogP contribution in [0.1, 0.15) is 16.9 Å². The first-order valence-electron chi connectivity index (χ1n) is 8.29. The zero-order valence-corrected chi connectivity index (χ0v) is 16.1. The Bertz CT molecular complexity index is 683. The van der Waals surface area contributed by atoms with Crippen LogP contribution in [0.4, 0.5) is 5.82 Å². The van der Waals surface area contributed by atoms with Crippen molar-refractivity contribution in [3.63, 3.8) is 0 Å². The molecule has 1 atom stereocenters. The number of hydrogen-bond acceptors (Lipinski definition) is 5. The van der Waals surface area contributed by atoms with Crippen molar-refractivity contribution in [2.24, 2.45) is 0 Å². The highest BCUT2D eigenvalue weighted by Gasteiger charge is 2.24. The molecular formula is C16H27N5S2+2. The molecule has 0 radical (unpaired) electrons. The Kier molecular flexibility index (Phi) is 5.41. The first-order valence-corrected chi connectivity index (χ1v) is 10.3. The Hall–Kier alpha value is -0.890. The number of hydrogen-bond donors (Lipinski definition) is 3. The van der Waals surface area contributed by atoms with Gasteiger partial charge in [0.15, 0.2) is 5.16 Å². The average Bonchev–Trinajstić information content (AvgIpc) is 2.88. The monoisotopic (exact) mass is 353 g/mol. The van der Waals surface area contributed by atoms with Crippen molar-refractivity contribution in [1.29, 1.82) is 0 Å². The van der Waals surface area contributed by atoms with Crippen molar-refractivity contribution in [1.82, 2.24) is 9.97 Å². The Morgan fingerprint density at radius 2 is 2.17 bits per heavy atom. The minimum absolute atomic E-state index is 0.873. The van der Waals surface area contributed by atoms with E-state index in [-0.39, 0.29) is 0 Å². The molecule has 0 saturated carbocycles. The van der Waals surface area contributed by atoms with Gasteiger partial charge in [0.2, 0.25) is 0 Å². The lowest BCUT2D eigenvalue weighted by Gasteiger charge is -2.19. The highest BCUT2D eigenvalue weighted by Crippen LogP contribution is 2.36. The maximum atomic E-state index is 4.77. The summed E-state index contributed by atoms with van der Waals surface area (Å²) < 4.78 is 0. The van der Waals surface area contributed by atoms with Crippen molar-refractivity contribution >= 4 is 39.1 Å². The van der Waals surface area contributed by atoms with Gasteiger partial charge in [-0.1, -0.05) is 11.8 Å². The van der Waals surface area contributed by atoms with Crippen LogP contribution in [0, 0.1) is 0 Å². The average molecular weight is 354 g/mol. The lowest BCUT2D eigenvalue weighted by molar-refractivity contribution is -0.895. The van der Waals surface area contributed by atoms with E-state index in [4.69, 9.17) is 9.97 Å². The van der Waals surface area contributed by atoms with E-state index in [9.17, 15) is 0 Å². The summed E-state index contributed by atoms with van der Waals surface area (Å²) in [7, 11) is 6.67. The van der Waals surface area contributed by atoms with Crippen LogP contribution in [0.3, 0.4) is 0 Å². The summed E-state index contributed by atoms with van der Waals surface area (Å²) in [5.41, 5.74) is 1.49. The molecule has 0 fully saturated rings. The second-order valence-corrected chi connectivity index (χ2v) is 8.47. The van der Waals surface area contributed by atoms with Crippen LogP contribution in [-0.2, 0) is 13.0 Å². The standard InChI is InChI=1S/C16H25N5S2/c1-20(2)8-5-7-17-14-13-11-6-9-21(3)10-12(11)23-15(13)19-16(18-14)22-4/h5-10H2,1-4H3,(H,17,18,19)/p+2. The van der Waals surface area contributed by atoms with Gasteiger partial charge in [-0.3, -0.25) is 0 Å². The second-order valence-electron chi connectivity index (χ2n) is 6.61. The van der Waals surface area contributed by atoms with Gasteiger partial charge in [-0.15, -0.1) is 11.3 Å². The van der Waals surface area contributed by atoms with Crippen molar-refractivity contribution in [2.45, 2.75) is 24.5 Å². The van der Waals surface area contributed by atoms with Gasteiger partial charge in [-0.25, -0.2) is 9.97 Å². The zero-order chi connectivity index (χ0) is 16.4. The number of fused-ring (bicyclic) bond motifs is 3. The topological polar surface area (TPSA) is 46.7 Å². The largest absolute Gasteiger partial charge is 0.369 e. The molecular weight excluding hydrogens is 326 g/mol. The zero-order valence-electron chi connectivity index (χ0n) is 14.5. The Morgan fingerprint density at radius 3 is 2.91 bits per heavy atom. The molecule has 2 aromatic rings. The Labute approximate surface area is 146 Å². The number of anilines is 1. The van der Waals surface area contributed by atoms with Crippen LogP contribution in [-0.4, -0.2) is 57.0 Å². The fraction of sp³-hybridized carbons (Fsp3) is 0.625. The molecule has 5 nitrogen and oxygen atoms in total. The van der Waals surface area contributed by atoms with Gasteiger partial charge in [0.05, 0.1) is 44.5 Å². The number of thiophene rings is 1. The first kappa shape index (κ1) is 17.0. The van der Waals surface area contributed by atoms with Crippen LogP contribution in [0.15, 0.2) is 5.16 Å². The normalized spacial score (nSPS) is 17.7. The summed E-state index contributed by atoms with van der Waals surface area (Å²) in [6.07, 6.45) is 4.34. The van der Waals surface area contributed by atoms with Gasteiger partial charge in [-0.05, 0) is 11.8 Å². The third kappa shape index (κ3) is 3.79. The number of aromatic nitrogens is 2. The van der Waals surface area contributed by atoms with Gasteiger partial charge in [-0.2, -0.15) is 0 Å². The van der Waals surface area contributed by atoms with Crippen molar-refractivity contribution in [3.05, 3.63) is 10.4 Å². The number of nitrogens with zero attached hydrogens (tertiary/aromatic N) is 2. The lowest BCUT2D eigenvalue weighted by Crippen LogP contribution is -3.08. The molecule has 0 aromatic carbocycles. The minimum Gasteiger partial charge on any atom is -0.369 e. The van der Waals surface area contributed by atoms with Crippen LogP contribution in [0.5, 0.6) is 0 Å². The Balaban J connectivity index is 1.91. The maximum absolute atomic E-state index is 4.77. The highest BCUT2D eigenvalue weighted by atomic mass is 32.2. The summed E-state index contributed by atoms with van der Waals surface area (Å²) in [5, 5.41) is 5.74. The smallest absolute Gasteiger partial charge is 0.190 e. The molecule has 0 aliphatic carbocycles. The quantitative estimate of drug-likeness (QED) is 0.387. The molecule has 0 bridgehead atoms.